The lowest BCUT2D eigenvalue weighted by molar-refractivity contribution is -0.137. The Morgan fingerprint density at radius 3 is 2.37 bits per heavy atom. The van der Waals surface area contributed by atoms with Crippen LogP contribution in [0.2, 0.25) is 0 Å². The Hall–Kier alpha value is -0.120. The van der Waals surface area contributed by atoms with Gasteiger partial charge in [0.1, 0.15) is 0 Å². The van der Waals surface area contributed by atoms with Crippen molar-refractivity contribution in [3.8, 4) is 0 Å². The molecule has 0 aromatic heterocycles. The fraction of sp³-hybridized carbons (Fsp3) is 1.00. The van der Waals surface area contributed by atoms with Gasteiger partial charge in [-0.15, -0.1) is 0 Å². The summed E-state index contributed by atoms with van der Waals surface area (Å²) in [4.78, 5) is 0. The number of hydrogen-bond donors (Lipinski definition) is 1. The van der Waals surface area contributed by atoms with Crippen LogP contribution in [0.3, 0.4) is 0 Å². The molecule has 19 heavy (non-hydrogen) atoms. The Bertz CT molecular complexity index is 261. The second-order valence-corrected chi connectivity index (χ2v) is 6.50. The highest BCUT2D eigenvalue weighted by molar-refractivity contribution is 4.90. The van der Waals surface area contributed by atoms with E-state index in [0.717, 1.165) is 25.2 Å². The van der Waals surface area contributed by atoms with Gasteiger partial charge in [0, 0.05) is 13.7 Å². The van der Waals surface area contributed by atoms with Crippen LogP contribution in [0.15, 0.2) is 0 Å². The summed E-state index contributed by atoms with van der Waals surface area (Å²) in [6, 6.07) is 0. The predicted octanol–water partition coefficient (Wildman–Crippen LogP) is 3.26. The fourth-order valence-electron chi connectivity index (χ4n) is 3.76. The van der Waals surface area contributed by atoms with Crippen molar-refractivity contribution < 1.29 is 9.47 Å². The molecule has 0 aliphatic heterocycles. The number of methoxy groups -OCH3 is 1. The summed E-state index contributed by atoms with van der Waals surface area (Å²) in [6.07, 6.45) is 11.6. The molecule has 2 saturated carbocycles. The minimum atomic E-state index is -0.0357. The van der Waals surface area contributed by atoms with Gasteiger partial charge in [-0.25, -0.2) is 0 Å². The summed E-state index contributed by atoms with van der Waals surface area (Å²) in [6.45, 7) is 2.98. The highest BCUT2D eigenvalue weighted by Gasteiger charge is 2.37. The lowest BCUT2D eigenvalue weighted by Crippen LogP contribution is -2.47. The molecule has 0 saturated heterocycles. The third-order valence-corrected chi connectivity index (χ3v) is 5.29. The third-order valence-electron chi connectivity index (χ3n) is 5.29. The summed E-state index contributed by atoms with van der Waals surface area (Å²) in [5.74, 6) is 0.890. The summed E-state index contributed by atoms with van der Waals surface area (Å²) in [7, 11) is 1.82. The van der Waals surface area contributed by atoms with Crippen LogP contribution in [0.25, 0.3) is 0 Å². The molecule has 2 rings (SSSR count). The molecule has 2 atom stereocenters. The van der Waals surface area contributed by atoms with Gasteiger partial charge in [0.25, 0.3) is 0 Å². The van der Waals surface area contributed by atoms with Gasteiger partial charge >= 0.3 is 0 Å². The minimum absolute atomic E-state index is 0.0357. The molecular weight excluding hydrogens is 238 g/mol. The van der Waals surface area contributed by atoms with E-state index in [4.69, 9.17) is 15.2 Å². The smallest absolute Gasteiger partial charge is 0.0808 e. The molecule has 2 N–H and O–H groups in total. The normalized spacial score (nSPS) is 40.3. The van der Waals surface area contributed by atoms with Crippen LogP contribution in [0.1, 0.15) is 64.7 Å². The van der Waals surface area contributed by atoms with Gasteiger partial charge in [-0.1, -0.05) is 13.3 Å². The number of hydrogen-bond acceptors (Lipinski definition) is 3. The van der Waals surface area contributed by atoms with Gasteiger partial charge in [-0.3, -0.25) is 0 Å². The van der Waals surface area contributed by atoms with E-state index in [0.29, 0.717) is 18.8 Å². The van der Waals surface area contributed by atoms with Gasteiger partial charge in [-0.2, -0.15) is 0 Å². The van der Waals surface area contributed by atoms with Crippen LogP contribution >= 0.6 is 0 Å². The van der Waals surface area contributed by atoms with E-state index < -0.39 is 0 Å². The van der Waals surface area contributed by atoms with Crippen molar-refractivity contribution in [1.29, 1.82) is 0 Å². The molecule has 0 heterocycles. The lowest BCUT2D eigenvalue weighted by atomic mass is 9.77. The average Bonchev–Trinajstić information content (AvgIpc) is 2.48. The highest BCUT2D eigenvalue weighted by Crippen LogP contribution is 2.38. The first-order chi connectivity index (χ1) is 9.21. The number of ether oxygens (including phenoxy) is 2. The monoisotopic (exact) mass is 269 g/mol. The van der Waals surface area contributed by atoms with E-state index in [1.165, 1.54) is 38.5 Å². The van der Waals surface area contributed by atoms with Gasteiger partial charge in [0.2, 0.25) is 0 Å². The van der Waals surface area contributed by atoms with Crippen molar-refractivity contribution in [3.63, 3.8) is 0 Å². The number of nitrogens with two attached hydrogens (primary N) is 1. The summed E-state index contributed by atoms with van der Waals surface area (Å²) in [5.41, 5.74) is 6.02. The Morgan fingerprint density at radius 2 is 1.79 bits per heavy atom. The molecule has 112 valence electrons. The first-order valence-electron chi connectivity index (χ1n) is 8.12. The van der Waals surface area contributed by atoms with Gasteiger partial charge in [-0.05, 0) is 57.3 Å². The molecule has 0 amide bonds. The lowest BCUT2D eigenvalue weighted by Gasteiger charge is -2.43. The minimum Gasteiger partial charge on any atom is -0.381 e. The zero-order chi connectivity index (χ0) is 13.7. The molecule has 2 aliphatic rings. The SMILES string of the molecule is CCC1CCC(CN)(OC2CCCC(OC)C2)CC1. The van der Waals surface area contributed by atoms with Crippen LogP contribution in [-0.2, 0) is 9.47 Å². The van der Waals surface area contributed by atoms with E-state index in [1.54, 1.807) is 0 Å². The molecule has 2 aliphatic carbocycles. The maximum Gasteiger partial charge on any atom is 0.0808 e. The van der Waals surface area contributed by atoms with E-state index in [-0.39, 0.29) is 5.60 Å². The maximum atomic E-state index is 6.49. The molecule has 0 bridgehead atoms. The van der Waals surface area contributed by atoms with E-state index in [1.807, 2.05) is 7.11 Å². The largest absolute Gasteiger partial charge is 0.381 e. The van der Waals surface area contributed by atoms with Crippen molar-refractivity contribution in [2.45, 2.75) is 82.5 Å². The molecule has 2 fully saturated rings. The standard InChI is InChI=1S/C16H31NO2/c1-3-13-7-9-16(12-17,10-8-13)19-15-6-4-5-14(11-15)18-2/h13-15H,3-12,17H2,1-2H3. The van der Waals surface area contributed by atoms with Crippen molar-refractivity contribution in [2.24, 2.45) is 11.7 Å². The zero-order valence-corrected chi connectivity index (χ0v) is 12.7. The summed E-state index contributed by atoms with van der Waals surface area (Å²) < 4.78 is 12.0. The highest BCUT2D eigenvalue weighted by atomic mass is 16.5. The van der Waals surface area contributed by atoms with Gasteiger partial charge < -0.3 is 15.2 Å². The second-order valence-electron chi connectivity index (χ2n) is 6.50. The molecular formula is C16H31NO2. The molecule has 2 unspecified atom stereocenters. The van der Waals surface area contributed by atoms with Crippen molar-refractivity contribution in [3.05, 3.63) is 0 Å². The fourth-order valence-corrected chi connectivity index (χ4v) is 3.76. The van der Waals surface area contributed by atoms with Gasteiger partial charge in [0.05, 0.1) is 17.8 Å². The Morgan fingerprint density at radius 1 is 1.11 bits per heavy atom. The summed E-state index contributed by atoms with van der Waals surface area (Å²) >= 11 is 0. The predicted molar refractivity (Wildman–Crippen MR) is 78.2 cm³/mol. The Balaban J connectivity index is 1.88. The molecule has 3 heteroatoms. The van der Waals surface area contributed by atoms with E-state index in [2.05, 4.69) is 6.92 Å². The van der Waals surface area contributed by atoms with Crippen LogP contribution in [0.4, 0.5) is 0 Å². The molecule has 0 spiro atoms. The summed E-state index contributed by atoms with van der Waals surface area (Å²) in [5, 5.41) is 0. The van der Waals surface area contributed by atoms with Crippen molar-refractivity contribution in [1.82, 2.24) is 0 Å². The van der Waals surface area contributed by atoms with E-state index in [9.17, 15) is 0 Å². The van der Waals surface area contributed by atoms with Gasteiger partial charge in [0.15, 0.2) is 0 Å². The molecule has 3 nitrogen and oxygen atoms in total. The van der Waals surface area contributed by atoms with E-state index >= 15 is 0 Å². The molecule has 0 aromatic rings. The van der Waals surface area contributed by atoms with Crippen LogP contribution in [0.5, 0.6) is 0 Å². The van der Waals surface area contributed by atoms with Crippen molar-refractivity contribution in [2.75, 3.05) is 13.7 Å². The first kappa shape index (κ1) is 15.3. The first-order valence-corrected chi connectivity index (χ1v) is 8.12. The molecule has 0 aromatic carbocycles. The second kappa shape index (κ2) is 7.05. The quantitative estimate of drug-likeness (QED) is 0.833. The average molecular weight is 269 g/mol. The van der Waals surface area contributed by atoms with Crippen LogP contribution < -0.4 is 5.73 Å². The Kier molecular flexibility index (Phi) is 5.67. The number of rotatable bonds is 5. The van der Waals surface area contributed by atoms with Crippen LogP contribution in [-0.4, -0.2) is 31.5 Å². The maximum absolute atomic E-state index is 6.49. The Labute approximate surface area is 118 Å². The topological polar surface area (TPSA) is 44.5 Å². The van der Waals surface area contributed by atoms with Crippen LogP contribution in [0, 0.1) is 5.92 Å². The third kappa shape index (κ3) is 3.93. The van der Waals surface area contributed by atoms with Crippen molar-refractivity contribution >= 4 is 0 Å². The molecule has 0 radical (unpaired) electrons. The zero-order valence-electron chi connectivity index (χ0n) is 12.7.